The van der Waals surface area contributed by atoms with E-state index in [4.69, 9.17) is 0 Å². The van der Waals surface area contributed by atoms with Crippen LogP contribution in [0.3, 0.4) is 0 Å². The molecule has 3 aromatic carbocycles. The van der Waals surface area contributed by atoms with Crippen LogP contribution in [0.4, 0.5) is 11.4 Å². The van der Waals surface area contributed by atoms with E-state index in [1.165, 1.54) is 12.1 Å². The number of imide groups is 1. The van der Waals surface area contributed by atoms with E-state index in [0.717, 1.165) is 27.2 Å². The van der Waals surface area contributed by atoms with Gasteiger partial charge in [-0.15, -0.1) is 0 Å². The molecule has 0 radical (unpaired) electrons. The van der Waals surface area contributed by atoms with Crippen LogP contribution in [0.2, 0.25) is 0 Å². The van der Waals surface area contributed by atoms with Gasteiger partial charge < -0.3 is 0 Å². The second-order valence-corrected chi connectivity index (χ2v) is 8.74. The molecule has 32 heavy (non-hydrogen) atoms. The first-order chi connectivity index (χ1) is 15.5. The van der Waals surface area contributed by atoms with Gasteiger partial charge in [0.05, 0.1) is 16.8 Å². The fourth-order valence-electron chi connectivity index (χ4n) is 6.57. The normalized spacial score (nSPS) is 27.2. The number of anilines is 1. The Balaban J connectivity index is 1.64. The molecule has 4 aliphatic rings. The minimum absolute atomic E-state index is 0.0562. The van der Waals surface area contributed by atoms with Gasteiger partial charge in [-0.25, -0.2) is 4.90 Å². The molecule has 0 saturated carbocycles. The van der Waals surface area contributed by atoms with Crippen molar-refractivity contribution >= 4 is 23.2 Å². The Kier molecular flexibility index (Phi) is 3.76. The third-order valence-corrected chi connectivity index (χ3v) is 7.67. The summed E-state index contributed by atoms with van der Waals surface area (Å²) < 4.78 is 0. The molecule has 6 nitrogen and oxygen atoms in total. The van der Waals surface area contributed by atoms with Gasteiger partial charge in [-0.1, -0.05) is 67.6 Å². The van der Waals surface area contributed by atoms with Crippen molar-refractivity contribution in [2.24, 2.45) is 11.8 Å². The first-order valence-electron chi connectivity index (χ1n) is 10.8. The van der Waals surface area contributed by atoms with E-state index in [-0.39, 0.29) is 29.1 Å². The fourth-order valence-corrected chi connectivity index (χ4v) is 6.57. The Morgan fingerprint density at radius 3 is 2.03 bits per heavy atom. The predicted molar refractivity (Wildman–Crippen MR) is 118 cm³/mol. The Bertz CT molecular complexity index is 1280. The van der Waals surface area contributed by atoms with Crippen molar-refractivity contribution in [3.63, 3.8) is 0 Å². The molecular formula is C26H20N2O4. The van der Waals surface area contributed by atoms with Gasteiger partial charge in [0.25, 0.3) is 5.69 Å². The third-order valence-electron chi connectivity index (χ3n) is 7.67. The average Bonchev–Trinajstić information content (AvgIpc) is 3.09. The summed E-state index contributed by atoms with van der Waals surface area (Å²) in [6, 6.07) is 22.2. The monoisotopic (exact) mass is 424 g/mol. The van der Waals surface area contributed by atoms with E-state index in [1.54, 1.807) is 12.1 Å². The average molecular weight is 424 g/mol. The highest BCUT2D eigenvalue weighted by molar-refractivity contribution is 6.24. The molecule has 7 rings (SSSR count). The van der Waals surface area contributed by atoms with E-state index in [0.29, 0.717) is 6.42 Å². The summed E-state index contributed by atoms with van der Waals surface area (Å²) in [7, 11) is 0. The molecule has 0 unspecified atom stereocenters. The Morgan fingerprint density at radius 2 is 1.44 bits per heavy atom. The summed E-state index contributed by atoms with van der Waals surface area (Å²) >= 11 is 0. The maximum atomic E-state index is 14.0. The van der Waals surface area contributed by atoms with Crippen LogP contribution < -0.4 is 4.90 Å². The van der Waals surface area contributed by atoms with Gasteiger partial charge >= 0.3 is 0 Å². The van der Waals surface area contributed by atoms with Crippen LogP contribution in [0, 0.1) is 22.0 Å². The zero-order chi connectivity index (χ0) is 22.2. The maximum Gasteiger partial charge on any atom is 0.293 e. The molecule has 0 aromatic heterocycles. The highest BCUT2D eigenvalue weighted by Crippen LogP contribution is 2.65. The molecule has 0 N–H and O–H groups in total. The number of amides is 2. The molecule has 2 bridgehead atoms. The van der Waals surface area contributed by atoms with Crippen molar-refractivity contribution in [3.8, 4) is 0 Å². The molecule has 1 saturated heterocycles. The Hall–Kier alpha value is -3.80. The van der Waals surface area contributed by atoms with Gasteiger partial charge in [-0.05, 0) is 34.7 Å². The van der Waals surface area contributed by atoms with E-state index in [9.17, 15) is 19.7 Å². The second-order valence-electron chi connectivity index (χ2n) is 8.74. The Morgan fingerprint density at radius 1 is 0.875 bits per heavy atom. The van der Waals surface area contributed by atoms with Gasteiger partial charge in [0.1, 0.15) is 5.69 Å². The van der Waals surface area contributed by atoms with E-state index < -0.39 is 22.2 Å². The lowest BCUT2D eigenvalue weighted by atomic mass is 9.46. The first-order valence-corrected chi connectivity index (χ1v) is 10.8. The highest BCUT2D eigenvalue weighted by atomic mass is 16.6. The van der Waals surface area contributed by atoms with E-state index >= 15 is 0 Å². The van der Waals surface area contributed by atoms with Gasteiger partial charge in [0, 0.05) is 17.4 Å². The molecule has 0 spiro atoms. The predicted octanol–water partition coefficient (Wildman–Crippen LogP) is 4.56. The largest absolute Gasteiger partial charge is 0.293 e. The second kappa shape index (κ2) is 6.36. The number of para-hydroxylation sites is 2. The summed E-state index contributed by atoms with van der Waals surface area (Å²) in [6.45, 7) is 2.06. The fraction of sp³-hybridized carbons (Fsp3) is 0.231. The summed E-state index contributed by atoms with van der Waals surface area (Å²) in [5.74, 6) is -2.10. The van der Waals surface area contributed by atoms with Gasteiger partial charge in [-0.3, -0.25) is 19.7 Å². The molecule has 1 aliphatic heterocycles. The Labute approximate surface area is 184 Å². The van der Waals surface area contributed by atoms with Crippen molar-refractivity contribution in [3.05, 3.63) is 105 Å². The number of hydrogen-bond acceptors (Lipinski definition) is 4. The number of carbonyl (C=O) groups is 2. The smallest absolute Gasteiger partial charge is 0.274 e. The molecule has 2 atom stereocenters. The van der Waals surface area contributed by atoms with Crippen LogP contribution in [0.15, 0.2) is 72.8 Å². The number of benzene rings is 3. The molecule has 1 heterocycles. The molecule has 1 fully saturated rings. The SMILES string of the molecule is CCC12c3ccccc3C(c3ccccc31)[C@@H]1C(=O)N(c3ccccc3[N+](=O)[O-])C(=O)[C@H]12. The number of hydrogen-bond donors (Lipinski definition) is 0. The number of nitro benzene ring substituents is 1. The lowest BCUT2D eigenvalue weighted by molar-refractivity contribution is -0.384. The minimum Gasteiger partial charge on any atom is -0.274 e. The van der Waals surface area contributed by atoms with Crippen molar-refractivity contribution in [1.82, 2.24) is 0 Å². The van der Waals surface area contributed by atoms with Gasteiger partial charge in [-0.2, -0.15) is 0 Å². The van der Waals surface area contributed by atoms with Crippen molar-refractivity contribution in [2.75, 3.05) is 4.90 Å². The topological polar surface area (TPSA) is 80.5 Å². The molecule has 2 amide bonds. The molecular weight excluding hydrogens is 404 g/mol. The quantitative estimate of drug-likeness (QED) is 0.351. The standard InChI is InChI=1S/C26H20N2O4/c1-2-26-17-11-5-3-9-15(17)21(16-10-4-6-12-18(16)26)22-23(26)25(30)27(24(22)29)19-13-7-8-14-20(19)28(31)32/h3-14,21-23H,2H2,1H3/t21?,22-,23-,26?/m0/s1. The summed E-state index contributed by atoms with van der Waals surface area (Å²) in [6.07, 6.45) is 0.651. The van der Waals surface area contributed by atoms with Crippen LogP contribution in [-0.4, -0.2) is 16.7 Å². The molecule has 3 aromatic rings. The summed E-state index contributed by atoms with van der Waals surface area (Å²) in [5.41, 5.74) is 3.54. The van der Waals surface area contributed by atoms with E-state index in [1.807, 2.05) is 24.3 Å². The molecule has 158 valence electrons. The highest BCUT2D eigenvalue weighted by Gasteiger charge is 2.67. The minimum atomic E-state index is -0.641. The van der Waals surface area contributed by atoms with Crippen molar-refractivity contribution in [1.29, 1.82) is 0 Å². The lowest BCUT2D eigenvalue weighted by Gasteiger charge is -2.54. The molecule has 6 heteroatoms. The van der Waals surface area contributed by atoms with Crippen molar-refractivity contribution < 1.29 is 14.5 Å². The number of nitro groups is 1. The van der Waals surface area contributed by atoms with Crippen LogP contribution in [-0.2, 0) is 15.0 Å². The zero-order valence-electron chi connectivity index (χ0n) is 17.4. The number of rotatable bonds is 3. The number of carbonyl (C=O) groups excluding carboxylic acids is 2. The van der Waals surface area contributed by atoms with E-state index in [2.05, 4.69) is 31.2 Å². The van der Waals surface area contributed by atoms with Crippen LogP contribution >= 0.6 is 0 Å². The zero-order valence-corrected chi connectivity index (χ0v) is 17.4. The summed E-state index contributed by atoms with van der Waals surface area (Å²) in [4.78, 5) is 40.1. The van der Waals surface area contributed by atoms with Crippen LogP contribution in [0.25, 0.3) is 0 Å². The lowest BCUT2D eigenvalue weighted by Crippen LogP contribution is -2.53. The van der Waals surface area contributed by atoms with Crippen LogP contribution in [0.5, 0.6) is 0 Å². The number of nitrogens with zero attached hydrogens (tertiary/aromatic N) is 2. The van der Waals surface area contributed by atoms with Gasteiger partial charge in [0.2, 0.25) is 11.8 Å². The third kappa shape index (κ3) is 2.04. The maximum absolute atomic E-state index is 14.0. The van der Waals surface area contributed by atoms with Crippen LogP contribution in [0.1, 0.15) is 41.5 Å². The van der Waals surface area contributed by atoms with Gasteiger partial charge in [0.15, 0.2) is 0 Å². The summed E-state index contributed by atoms with van der Waals surface area (Å²) in [5, 5.41) is 11.7. The molecule has 3 aliphatic carbocycles. The van der Waals surface area contributed by atoms with Crippen molar-refractivity contribution in [2.45, 2.75) is 24.7 Å². The first kappa shape index (κ1) is 18.9.